The molecule has 0 spiro atoms. The van der Waals surface area contributed by atoms with Crippen LogP contribution in [0.5, 0.6) is 0 Å². The van der Waals surface area contributed by atoms with Gasteiger partial charge in [0, 0.05) is 18.6 Å². The van der Waals surface area contributed by atoms with Crippen molar-refractivity contribution in [2.24, 2.45) is 5.92 Å². The van der Waals surface area contributed by atoms with Crippen LogP contribution in [0.15, 0.2) is 0 Å². The van der Waals surface area contributed by atoms with Crippen LogP contribution >= 0.6 is 0 Å². The van der Waals surface area contributed by atoms with Gasteiger partial charge in [-0.2, -0.15) is 0 Å². The summed E-state index contributed by atoms with van der Waals surface area (Å²) in [5.74, 6) is 0.676. The lowest BCUT2D eigenvalue weighted by Gasteiger charge is -2.41. The Bertz CT molecular complexity index is 212. The molecule has 1 saturated heterocycles. The zero-order valence-corrected chi connectivity index (χ0v) is 11.8. The summed E-state index contributed by atoms with van der Waals surface area (Å²) in [5.41, 5.74) is 0.275. The summed E-state index contributed by atoms with van der Waals surface area (Å²) >= 11 is 0. The second kappa shape index (κ2) is 5.48. The van der Waals surface area contributed by atoms with Crippen LogP contribution in [0.2, 0.25) is 0 Å². The van der Waals surface area contributed by atoms with Crippen LogP contribution in [0.3, 0.4) is 0 Å². The average molecular weight is 228 g/mol. The fourth-order valence-corrected chi connectivity index (χ4v) is 1.70. The first-order chi connectivity index (χ1) is 7.35. The van der Waals surface area contributed by atoms with E-state index in [-0.39, 0.29) is 5.54 Å². The molecular weight excluding hydrogens is 200 g/mol. The van der Waals surface area contributed by atoms with Crippen LogP contribution in [0.4, 0.5) is 0 Å². The van der Waals surface area contributed by atoms with Crippen molar-refractivity contribution < 1.29 is 4.74 Å². The topological polar surface area (TPSA) is 15.7 Å². The van der Waals surface area contributed by atoms with E-state index in [0.29, 0.717) is 12.0 Å². The molecule has 1 heterocycles. The molecule has 16 heavy (non-hydrogen) atoms. The summed E-state index contributed by atoms with van der Waals surface area (Å²) in [6.45, 7) is 13.3. The van der Waals surface area contributed by atoms with Gasteiger partial charge in [0.25, 0.3) is 0 Å². The molecule has 0 aromatic rings. The highest BCUT2D eigenvalue weighted by Gasteiger charge is 2.28. The molecule has 1 fully saturated rings. The van der Waals surface area contributed by atoms with E-state index in [9.17, 15) is 0 Å². The Morgan fingerprint density at radius 1 is 1.19 bits per heavy atom. The third-order valence-corrected chi connectivity index (χ3v) is 4.43. The van der Waals surface area contributed by atoms with Crippen LogP contribution in [-0.2, 0) is 4.74 Å². The predicted molar refractivity (Wildman–Crippen MR) is 68.8 cm³/mol. The molecule has 0 N–H and O–H groups in total. The maximum atomic E-state index is 5.21. The zero-order chi connectivity index (χ0) is 12.3. The fourth-order valence-electron chi connectivity index (χ4n) is 1.70. The van der Waals surface area contributed by atoms with E-state index in [1.54, 1.807) is 0 Å². The molecular formula is C13H28N2O. The molecule has 0 radical (unpaired) electrons. The Morgan fingerprint density at radius 3 is 2.12 bits per heavy atom. The fraction of sp³-hybridized carbons (Fsp3) is 1.00. The van der Waals surface area contributed by atoms with Crippen LogP contribution in [0.1, 0.15) is 27.7 Å². The van der Waals surface area contributed by atoms with Crippen LogP contribution in [0.25, 0.3) is 0 Å². The van der Waals surface area contributed by atoms with Gasteiger partial charge in [-0.1, -0.05) is 13.8 Å². The Labute approximate surface area is 101 Å². The van der Waals surface area contributed by atoms with Crippen LogP contribution in [-0.4, -0.2) is 61.8 Å². The molecule has 96 valence electrons. The number of likely N-dealkylation sites (N-methyl/N-ethyl adjacent to an activating group) is 2. The first kappa shape index (κ1) is 13.9. The van der Waals surface area contributed by atoms with Crippen molar-refractivity contribution in [3.05, 3.63) is 0 Å². The van der Waals surface area contributed by atoms with Gasteiger partial charge >= 0.3 is 0 Å². The first-order valence-electron chi connectivity index (χ1n) is 6.35. The second-order valence-electron chi connectivity index (χ2n) is 5.90. The Morgan fingerprint density at radius 2 is 1.75 bits per heavy atom. The maximum Gasteiger partial charge on any atom is 0.0645 e. The minimum Gasteiger partial charge on any atom is -0.378 e. The molecule has 0 unspecified atom stereocenters. The zero-order valence-electron chi connectivity index (χ0n) is 11.8. The van der Waals surface area contributed by atoms with Crippen molar-refractivity contribution in [3.63, 3.8) is 0 Å². The van der Waals surface area contributed by atoms with E-state index in [1.807, 2.05) is 0 Å². The lowest BCUT2D eigenvalue weighted by atomic mass is 9.89. The van der Waals surface area contributed by atoms with Crippen molar-refractivity contribution in [1.82, 2.24) is 9.80 Å². The van der Waals surface area contributed by atoms with Gasteiger partial charge in [0.1, 0.15) is 0 Å². The molecule has 0 aromatic heterocycles. The monoisotopic (exact) mass is 228 g/mol. The third-order valence-electron chi connectivity index (χ3n) is 4.43. The van der Waals surface area contributed by atoms with Crippen molar-refractivity contribution in [1.29, 1.82) is 0 Å². The molecule has 0 amide bonds. The summed E-state index contributed by atoms with van der Waals surface area (Å²) in [7, 11) is 4.43. The Balaban J connectivity index is 2.30. The quantitative estimate of drug-likeness (QED) is 0.688. The van der Waals surface area contributed by atoms with Crippen LogP contribution in [0, 0.1) is 5.92 Å². The van der Waals surface area contributed by atoms with Gasteiger partial charge in [-0.15, -0.1) is 0 Å². The SMILES string of the molecule is CC(C)C(C)(C)N(C)CCN(C)C1COC1. The Kier molecular flexibility index (Phi) is 4.77. The van der Waals surface area contributed by atoms with Crippen molar-refractivity contribution >= 4 is 0 Å². The van der Waals surface area contributed by atoms with Gasteiger partial charge in [0.15, 0.2) is 0 Å². The molecule has 1 aliphatic heterocycles. The van der Waals surface area contributed by atoms with Crippen LogP contribution < -0.4 is 0 Å². The number of rotatable bonds is 6. The van der Waals surface area contributed by atoms with Gasteiger partial charge in [-0.05, 0) is 33.9 Å². The predicted octanol–water partition coefficient (Wildman–Crippen LogP) is 1.68. The minimum atomic E-state index is 0.275. The largest absolute Gasteiger partial charge is 0.378 e. The van der Waals surface area contributed by atoms with E-state index < -0.39 is 0 Å². The van der Waals surface area contributed by atoms with Gasteiger partial charge < -0.3 is 4.74 Å². The summed E-state index contributed by atoms with van der Waals surface area (Å²) in [6.07, 6.45) is 0. The molecule has 0 atom stereocenters. The van der Waals surface area contributed by atoms with Crippen molar-refractivity contribution in [3.8, 4) is 0 Å². The molecule has 0 saturated carbocycles. The molecule has 1 aliphatic rings. The van der Waals surface area contributed by atoms with E-state index in [4.69, 9.17) is 4.74 Å². The standard InChI is InChI=1S/C13H28N2O/c1-11(2)13(3,4)15(6)8-7-14(5)12-9-16-10-12/h11-12H,7-10H2,1-6H3. The first-order valence-corrected chi connectivity index (χ1v) is 6.35. The van der Waals surface area contributed by atoms with E-state index in [1.165, 1.54) is 0 Å². The minimum absolute atomic E-state index is 0.275. The summed E-state index contributed by atoms with van der Waals surface area (Å²) in [5, 5.41) is 0. The van der Waals surface area contributed by atoms with E-state index in [2.05, 4.69) is 51.6 Å². The smallest absolute Gasteiger partial charge is 0.0645 e. The molecule has 3 heteroatoms. The molecule has 3 nitrogen and oxygen atoms in total. The van der Waals surface area contributed by atoms with E-state index >= 15 is 0 Å². The van der Waals surface area contributed by atoms with Crippen molar-refractivity contribution in [2.45, 2.75) is 39.3 Å². The number of hydrogen-bond acceptors (Lipinski definition) is 3. The van der Waals surface area contributed by atoms with Crippen molar-refractivity contribution in [2.75, 3.05) is 40.4 Å². The maximum absolute atomic E-state index is 5.21. The number of hydrogen-bond donors (Lipinski definition) is 0. The molecule has 1 rings (SSSR count). The van der Waals surface area contributed by atoms with Gasteiger partial charge in [0.05, 0.1) is 19.3 Å². The molecule has 0 aromatic carbocycles. The van der Waals surface area contributed by atoms with Gasteiger partial charge in [0.2, 0.25) is 0 Å². The second-order valence-corrected chi connectivity index (χ2v) is 5.90. The van der Waals surface area contributed by atoms with Gasteiger partial charge in [-0.25, -0.2) is 0 Å². The highest BCUT2D eigenvalue weighted by atomic mass is 16.5. The highest BCUT2D eigenvalue weighted by Crippen LogP contribution is 2.22. The average Bonchev–Trinajstić information content (AvgIpc) is 2.10. The summed E-state index contributed by atoms with van der Waals surface area (Å²) in [4.78, 5) is 4.88. The molecule has 0 aliphatic carbocycles. The normalized spacial score (nSPS) is 18.6. The third kappa shape index (κ3) is 3.19. The lowest BCUT2D eigenvalue weighted by Crippen LogP contribution is -2.52. The molecule has 0 bridgehead atoms. The Hall–Kier alpha value is -0.120. The number of nitrogens with zero attached hydrogens (tertiary/aromatic N) is 2. The number of ether oxygens (including phenoxy) is 1. The summed E-state index contributed by atoms with van der Waals surface area (Å²) in [6, 6.07) is 0.649. The highest BCUT2D eigenvalue weighted by molar-refractivity contribution is 4.83. The lowest BCUT2D eigenvalue weighted by molar-refractivity contribution is -0.0594. The van der Waals surface area contributed by atoms with Gasteiger partial charge in [-0.3, -0.25) is 9.80 Å². The summed E-state index contributed by atoms with van der Waals surface area (Å²) < 4.78 is 5.21. The van der Waals surface area contributed by atoms with E-state index in [0.717, 1.165) is 26.3 Å².